The van der Waals surface area contributed by atoms with Gasteiger partial charge < -0.3 is 19.8 Å². The Hall–Kier alpha value is -3.61. The molecule has 2 amide bonds. The van der Waals surface area contributed by atoms with Crippen LogP contribution in [0.5, 0.6) is 5.75 Å². The van der Waals surface area contributed by atoms with Crippen molar-refractivity contribution in [3.05, 3.63) is 65.5 Å². The third-order valence-corrected chi connectivity index (χ3v) is 5.07. The first kappa shape index (κ1) is 23.1. The van der Waals surface area contributed by atoms with Crippen molar-refractivity contribution >= 4 is 17.5 Å². The summed E-state index contributed by atoms with van der Waals surface area (Å²) in [5.41, 5.74) is 2.65. The van der Waals surface area contributed by atoms with Crippen molar-refractivity contribution in [1.82, 2.24) is 10.3 Å². The van der Waals surface area contributed by atoms with Crippen LogP contribution in [0.3, 0.4) is 0 Å². The van der Waals surface area contributed by atoms with Crippen molar-refractivity contribution in [2.24, 2.45) is 5.92 Å². The normalized spacial score (nSPS) is 11.8. The van der Waals surface area contributed by atoms with Crippen LogP contribution in [0.4, 0.5) is 5.69 Å². The van der Waals surface area contributed by atoms with Crippen LogP contribution >= 0.6 is 0 Å². The number of nitrogens with one attached hydrogen (secondary N) is 2. The summed E-state index contributed by atoms with van der Waals surface area (Å²) in [5.74, 6) is 1.23. The number of ether oxygens (including phenoxy) is 1. The third kappa shape index (κ3) is 5.55. The number of carbonyl (C=O) groups excluding carboxylic acids is 2. The molecule has 0 bridgehead atoms. The van der Waals surface area contributed by atoms with Crippen molar-refractivity contribution in [3.63, 3.8) is 0 Å². The Balaban J connectivity index is 1.71. The minimum Gasteiger partial charge on any atom is -0.494 e. The van der Waals surface area contributed by atoms with Gasteiger partial charge in [0, 0.05) is 16.8 Å². The number of anilines is 1. The molecule has 7 heteroatoms. The fourth-order valence-electron chi connectivity index (χ4n) is 3.17. The summed E-state index contributed by atoms with van der Waals surface area (Å²) in [6.07, 6.45) is 0. The fraction of sp³-hybridized carbons (Fsp3) is 0.320. The lowest BCUT2D eigenvalue weighted by Crippen LogP contribution is -2.47. The number of hydrogen-bond donors (Lipinski definition) is 2. The van der Waals surface area contributed by atoms with E-state index >= 15 is 0 Å². The molecule has 1 aromatic heterocycles. The molecule has 0 radical (unpaired) electrons. The van der Waals surface area contributed by atoms with E-state index in [1.165, 1.54) is 0 Å². The highest BCUT2D eigenvalue weighted by Crippen LogP contribution is 2.24. The SMILES string of the molecule is CCOc1ccc(C(=O)NC(C(=O)Nc2cccc(-c3nc(C)c(C)o3)c2)C(C)C)cc1. The Bertz CT molecular complexity index is 1070. The summed E-state index contributed by atoms with van der Waals surface area (Å²) in [6, 6.07) is 13.4. The van der Waals surface area contributed by atoms with Crippen molar-refractivity contribution in [2.45, 2.75) is 40.7 Å². The smallest absolute Gasteiger partial charge is 0.251 e. The molecule has 0 saturated carbocycles. The highest BCUT2D eigenvalue weighted by molar-refractivity contribution is 6.01. The van der Waals surface area contributed by atoms with E-state index in [1.807, 2.05) is 46.8 Å². The molecule has 168 valence electrons. The summed E-state index contributed by atoms with van der Waals surface area (Å²) >= 11 is 0. The van der Waals surface area contributed by atoms with Crippen molar-refractivity contribution in [3.8, 4) is 17.2 Å². The van der Waals surface area contributed by atoms with Crippen LogP contribution in [0.25, 0.3) is 11.5 Å². The summed E-state index contributed by atoms with van der Waals surface area (Å²) in [7, 11) is 0. The zero-order valence-corrected chi connectivity index (χ0v) is 19.1. The molecule has 1 atom stereocenters. The van der Waals surface area contributed by atoms with Crippen LogP contribution in [0.15, 0.2) is 52.9 Å². The number of carbonyl (C=O) groups is 2. The molecule has 1 unspecified atom stereocenters. The molecule has 1 heterocycles. The van der Waals surface area contributed by atoms with Gasteiger partial charge in [0.25, 0.3) is 5.91 Å². The van der Waals surface area contributed by atoms with Crippen LogP contribution in [0.2, 0.25) is 0 Å². The maximum absolute atomic E-state index is 13.0. The first-order chi connectivity index (χ1) is 15.3. The van der Waals surface area contributed by atoms with Gasteiger partial charge in [0.05, 0.1) is 12.3 Å². The monoisotopic (exact) mass is 435 g/mol. The Morgan fingerprint density at radius 2 is 1.81 bits per heavy atom. The lowest BCUT2D eigenvalue weighted by Gasteiger charge is -2.22. The second-order valence-corrected chi connectivity index (χ2v) is 7.88. The fourth-order valence-corrected chi connectivity index (χ4v) is 3.17. The van der Waals surface area contributed by atoms with Gasteiger partial charge in [-0.15, -0.1) is 0 Å². The Kier molecular flexibility index (Phi) is 7.30. The Morgan fingerprint density at radius 3 is 2.41 bits per heavy atom. The standard InChI is InChI=1S/C25H29N3O4/c1-6-31-21-12-10-18(11-13-21)23(29)28-22(15(2)3)24(30)27-20-9-7-8-19(14-20)25-26-16(4)17(5)32-25/h7-15,22H,6H2,1-5H3,(H,27,30)(H,28,29). The predicted octanol–water partition coefficient (Wildman–Crippen LogP) is 4.75. The lowest BCUT2D eigenvalue weighted by molar-refractivity contribution is -0.118. The highest BCUT2D eigenvalue weighted by atomic mass is 16.5. The van der Waals surface area contributed by atoms with Gasteiger partial charge in [-0.25, -0.2) is 4.98 Å². The number of rotatable bonds is 8. The van der Waals surface area contributed by atoms with E-state index in [0.717, 1.165) is 17.0 Å². The largest absolute Gasteiger partial charge is 0.494 e. The van der Waals surface area contributed by atoms with Crippen molar-refractivity contribution < 1.29 is 18.7 Å². The first-order valence-corrected chi connectivity index (χ1v) is 10.7. The number of aryl methyl sites for hydroxylation is 2. The topological polar surface area (TPSA) is 93.5 Å². The molecule has 0 aliphatic carbocycles. The number of benzene rings is 2. The molecule has 7 nitrogen and oxygen atoms in total. The van der Waals surface area contributed by atoms with Gasteiger partial charge in [-0.05, 0) is 69.2 Å². The summed E-state index contributed by atoms with van der Waals surface area (Å²) in [6.45, 7) is 9.97. The lowest BCUT2D eigenvalue weighted by atomic mass is 10.0. The molecular weight excluding hydrogens is 406 g/mol. The molecule has 0 aliphatic rings. The molecular formula is C25H29N3O4. The van der Waals surface area contributed by atoms with E-state index in [1.54, 1.807) is 36.4 Å². The van der Waals surface area contributed by atoms with Crippen LogP contribution in [-0.4, -0.2) is 29.4 Å². The summed E-state index contributed by atoms with van der Waals surface area (Å²) in [4.78, 5) is 30.1. The van der Waals surface area contributed by atoms with E-state index in [9.17, 15) is 9.59 Å². The highest BCUT2D eigenvalue weighted by Gasteiger charge is 2.25. The van der Waals surface area contributed by atoms with Crippen molar-refractivity contribution in [1.29, 1.82) is 0 Å². The summed E-state index contributed by atoms with van der Waals surface area (Å²) in [5, 5.41) is 5.73. The quantitative estimate of drug-likeness (QED) is 0.533. The Morgan fingerprint density at radius 1 is 1.09 bits per heavy atom. The zero-order valence-electron chi connectivity index (χ0n) is 19.1. The molecule has 3 rings (SSSR count). The maximum atomic E-state index is 13.0. The molecule has 2 aromatic carbocycles. The van der Waals surface area contributed by atoms with E-state index in [4.69, 9.17) is 9.15 Å². The average molecular weight is 436 g/mol. The minimum absolute atomic E-state index is 0.109. The number of aromatic nitrogens is 1. The second-order valence-electron chi connectivity index (χ2n) is 7.88. The van der Waals surface area contributed by atoms with E-state index in [0.29, 0.717) is 29.5 Å². The van der Waals surface area contributed by atoms with Crippen LogP contribution in [0, 0.1) is 19.8 Å². The first-order valence-electron chi connectivity index (χ1n) is 10.7. The van der Waals surface area contributed by atoms with E-state index in [-0.39, 0.29) is 17.7 Å². The second kappa shape index (κ2) is 10.1. The van der Waals surface area contributed by atoms with E-state index < -0.39 is 6.04 Å². The molecule has 2 N–H and O–H groups in total. The molecule has 32 heavy (non-hydrogen) atoms. The average Bonchev–Trinajstić information content (AvgIpc) is 3.11. The van der Waals surface area contributed by atoms with Gasteiger partial charge in [-0.3, -0.25) is 9.59 Å². The molecule has 0 spiro atoms. The molecule has 3 aromatic rings. The van der Waals surface area contributed by atoms with Crippen LogP contribution < -0.4 is 15.4 Å². The number of amides is 2. The number of oxazole rings is 1. The number of nitrogens with zero attached hydrogens (tertiary/aromatic N) is 1. The van der Waals surface area contributed by atoms with Crippen molar-refractivity contribution in [2.75, 3.05) is 11.9 Å². The van der Waals surface area contributed by atoms with Gasteiger partial charge >= 0.3 is 0 Å². The number of hydrogen-bond acceptors (Lipinski definition) is 5. The van der Waals surface area contributed by atoms with E-state index in [2.05, 4.69) is 15.6 Å². The predicted molar refractivity (Wildman–Crippen MR) is 124 cm³/mol. The summed E-state index contributed by atoms with van der Waals surface area (Å²) < 4.78 is 11.1. The van der Waals surface area contributed by atoms with Crippen LogP contribution in [-0.2, 0) is 4.79 Å². The van der Waals surface area contributed by atoms with Gasteiger partial charge in [0.15, 0.2) is 0 Å². The molecule has 0 saturated heterocycles. The minimum atomic E-state index is -0.705. The van der Waals surface area contributed by atoms with Gasteiger partial charge in [0.2, 0.25) is 11.8 Å². The van der Waals surface area contributed by atoms with Gasteiger partial charge in [-0.1, -0.05) is 19.9 Å². The molecule has 0 fully saturated rings. The maximum Gasteiger partial charge on any atom is 0.251 e. The third-order valence-electron chi connectivity index (χ3n) is 5.07. The van der Waals surface area contributed by atoms with Crippen LogP contribution in [0.1, 0.15) is 42.6 Å². The zero-order chi connectivity index (χ0) is 23.3. The Labute approximate surface area is 188 Å². The van der Waals surface area contributed by atoms with Gasteiger partial charge in [-0.2, -0.15) is 0 Å². The van der Waals surface area contributed by atoms with Gasteiger partial charge in [0.1, 0.15) is 17.6 Å². The molecule has 0 aliphatic heterocycles.